The van der Waals surface area contributed by atoms with Crippen LogP contribution in [0.1, 0.15) is 18.4 Å². The van der Waals surface area contributed by atoms with Crippen LogP contribution in [-0.2, 0) is 19.7 Å². The molecular formula is C15H21NO5S2. The molecule has 23 heavy (non-hydrogen) atoms. The predicted molar refractivity (Wildman–Crippen MR) is 87.3 cm³/mol. The summed E-state index contributed by atoms with van der Waals surface area (Å²) in [4.78, 5) is 0.0738. The molecule has 1 aliphatic heterocycles. The molecule has 2 atom stereocenters. The SMILES string of the molecule is COc1ccc(C)cc1S(=O)(=O)[C@H]1CS(=O)(=O)C[C@@H]1NC1CC1. The molecule has 1 aliphatic carbocycles. The highest BCUT2D eigenvalue weighted by Crippen LogP contribution is 2.33. The molecule has 2 aliphatic rings. The van der Waals surface area contributed by atoms with E-state index in [0.717, 1.165) is 18.4 Å². The van der Waals surface area contributed by atoms with Gasteiger partial charge in [0.25, 0.3) is 0 Å². The Bertz CT molecular complexity index is 812. The van der Waals surface area contributed by atoms with Gasteiger partial charge in [0.2, 0.25) is 0 Å². The molecule has 0 radical (unpaired) electrons. The fraction of sp³-hybridized carbons (Fsp3) is 0.600. The monoisotopic (exact) mass is 359 g/mol. The Hall–Kier alpha value is -1.12. The summed E-state index contributed by atoms with van der Waals surface area (Å²) >= 11 is 0. The van der Waals surface area contributed by atoms with Crippen molar-refractivity contribution >= 4 is 19.7 Å². The fourth-order valence-corrected chi connectivity index (χ4v) is 7.92. The molecule has 3 rings (SSSR count). The lowest BCUT2D eigenvalue weighted by Crippen LogP contribution is -2.44. The lowest BCUT2D eigenvalue weighted by atomic mass is 10.2. The van der Waals surface area contributed by atoms with Crippen LogP contribution < -0.4 is 10.1 Å². The fourth-order valence-electron chi connectivity index (χ4n) is 3.00. The van der Waals surface area contributed by atoms with Gasteiger partial charge in [0.1, 0.15) is 10.6 Å². The van der Waals surface area contributed by atoms with Crippen molar-refractivity contribution in [2.75, 3.05) is 18.6 Å². The Morgan fingerprint density at radius 3 is 2.52 bits per heavy atom. The van der Waals surface area contributed by atoms with Crippen LogP contribution in [0, 0.1) is 6.92 Å². The third-order valence-corrected chi connectivity index (χ3v) is 8.52. The molecular weight excluding hydrogens is 338 g/mol. The van der Waals surface area contributed by atoms with Gasteiger partial charge in [-0.25, -0.2) is 16.8 Å². The highest BCUT2D eigenvalue weighted by Gasteiger charge is 2.48. The van der Waals surface area contributed by atoms with Gasteiger partial charge in [0.05, 0.1) is 23.9 Å². The number of hydrogen-bond donors (Lipinski definition) is 1. The molecule has 1 saturated carbocycles. The number of rotatable bonds is 5. The first kappa shape index (κ1) is 16.7. The van der Waals surface area contributed by atoms with Crippen molar-refractivity contribution in [3.05, 3.63) is 23.8 Å². The van der Waals surface area contributed by atoms with Gasteiger partial charge in [-0.1, -0.05) is 6.07 Å². The average Bonchev–Trinajstić information content (AvgIpc) is 3.22. The quantitative estimate of drug-likeness (QED) is 0.832. The molecule has 0 bridgehead atoms. The summed E-state index contributed by atoms with van der Waals surface area (Å²) in [6.45, 7) is 1.80. The van der Waals surface area contributed by atoms with Crippen LogP contribution in [0.5, 0.6) is 5.75 Å². The predicted octanol–water partition coefficient (Wildman–Crippen LogP) is 0.695. The van der Waals surface area contributed by atoms with Crippen molar-refractivity contribution in [2.45, 2.75) is 42.0 Å². The van der Waals surface area contributed by atoms with Gasteiger partial charge in [-0.2, -0.15) is 0 Å². The van der Waals surface area contributed by atoms with Gasteiger partial charge in [0.15, 0.2) is 19.7 Å². The Labute approximate surface area is 137 Å². The van der Waals surface area contributed by atoms with Crippen molar-refractivity contribution in [1.82, 2.24) is 5.32 Å². The molecule has 0 unspecified atom stereocenters. The average molecular weight is 359 g/mol. The molecule has 6 nitrogen and oxygen atoms in total. The van der Waals surface area contributed by atoms with Crippen LogP contribution >= 0.6 is 0 Å². The van der Waals surface area contributed by atoms with E-state index >= 15 is 0 Å². The van der Waals surface area contributed by atoms with Crippen molar-refractivity contribution in [2.24, 2.45) is 0 Å². The number of aryl methyl sites for hydroxylation is 1. The number of nitrogens with one attached hydrogen (secondary N) is 1. The number of sulfone groups is 2. The topological polar surface area (TPSA) is 89.5 Å². The summed E-state index contributed by atoms with van der Waals surface area (Å²) < 4.78 is 55.4. The molecule has 0 aromatic heterocycles. The third-order valence-electron chi connectivity index (χ3n) is 4.35. The van der Waals surface area contributed by atoms with Crippen molar-refractivity contribution in [3.63, 3.8) is 0 Å². The zero-order valence-corrected chi connectivity index (χ0v) is 14.8. The van der Waals surface area contributed by atoms with Gasteiger partial charge in [-0.3, -0.25) is 0 Å². The van der Waals surface area contributed by atoms with E-state index in [1.54, 1.807) is 25.1 Å². The lowest BCUT2D eigenvalue weighted by molar-refractivity contribution is 0.402. The van der Waals surface area contributed by atoms with E-state index in [1.165, 1.54) is 7.11 Å². The first-order valence-corrected chi connectivity index (χ1v) is 10.9. The highest BCUT2D eigenvalue weighted by molar-refractivity contribution is 7.96. The normalized spacial score (nSPS) is 27.0. The second-order valence-corrected chi connectivity index (χ2v) is 10.7. The first-order valence-electron chi connectivity index (χ1n) is 7.58. The summed E-state index contributed by atoms with van der Waals surface area (Å²) in [5.74, 6) is -0.205. The van der Waals surface area contributed by atoms with Crippen LogP contribution in [0.25, 0.3) is 0 Å². The Kier molecular flexibility index (Phi) is 4.18. The van der Waals surface area contributed by atoms with Crippen LogP contribution in [0.15, 0.2) is 23.1 Å². The van der Waals surface area contributed by atoms with Crippen LogP contribution in [-0.4, -0.2) is 52.8 Å². The minimum absolute atomic E-state index is 0.0738. The summed E-state index contributed by atoms with van der Waals surface area (Å²) in [6.07, 6.45) is 1.94. The van der Waals surface area contributed by atoms with Gasteiger partial charge in [0, 0.05) is 12.1 Å². The minimum atomic E-state index is -3.81. The van der Waals surface area contributed by atoms with E-state index in [1.807, 2.05) is 0 Å². The third kappa shape index (κ3) is 3.39. The molecule has 1 aromatic carbocycles. The maximum atomic E-state index is 13.1. The van der Waals surface area contributed by atoms with Crippen molar-refractivity contribution in [1.29, 1.82) is 0 Å². The minimum Gasteiger partial charge on any atom is -0.495 e. The maximum Gasteiger partial charge on any atom is 0.187 e. The van der Waals surface area contributed by atoms with Crippen molar-refractivity contribution < 1.29 is 21.6 Å². The first-order chi connectivity index (χ1) is 10.7. The molecule has 8 heteroatoms. The van der Waals surface area contributed by atoms with Crippen LogP contribution in [0.4, 0.5) is 0 Å². The van der Waals surface area contributed by atoms with Crippen molar-refractivity contribution in [3.8, 4) is 5.75 Å². The summed E-state index contributed by atoms with van der Waals surface area (Å²) in [5, 5.41) is 2.22. The standard InChI is InChI=1S/C15H21NO5S2/c1-10-3-6-13(21-2)14(7-10)23(19,20)15-9-22(17,18)8-12(15)16-11-4-5-11/h3,6-7,11-12,15-16H,4-5,8-9H2,1-2H3/t12-,15-/m0/s1. The van der Waals surface area contributed by atoms with Gasteiger partial charge >= 0.3 is 0 Å². The summed E-state index contributed by atoms with van der Waals surface area (Å²) in [6, 6.07) is 4.61. The number of methoxy groups -OCH3 is 1. The second kappa shape index (κ2) is 5.75. The Morgan fingerprint density at radius 1 is 1.22 bits per heavy atom. The van der Waals surface area contributed by atoms with Crippen LogP contribution in [0.3, 0.4) is 0 Å². The molecule has 0 spiro atoms. The molecule has 2 fully saturated rings. The van der Waals surface area contributed by atoms with Gasteiger partial charge < -0.3 is 10.1 Å². The Balaban J connectivity index is 2.01. The summed E-state index contributed by atoms with van der Waals surface area (Å²) in [5.41, 5.74) is 0.789. The van der Waals surface area contributed by atoms with E-state index in [-0.39, 0.29) is 28.2 Å². The summed E-state index contributed by atoms with van der Waals surface area (Å²) in [7, 11) is -5.76. The van der Waals surface area contributed by atoms with E-state index in [2.05, 4.69) is 5.32 Å². The van der Waals surface area contributed by atoms with E-state index in [9.17, 15) is 16.8 Å². The number of hydrogen-bond acceptors (Lipinski definition) is 6. The molecule has 0 amide bonds. The van der Waals surface area contributed by atoms with Gasteiger partial charge in [-0.15, -0.1) is 0 Å². The lowest BCUT2D eigenvalue weighted by Gasteiger charge is -2.21. The maximum absolute atomic E-state index is 13.1. The van der Waals surface area contributed by atoms with E-state index < -0.39 is 31.0 Å². The largest absolute Gasteiger partial charge is 0.495 e. The molecule has 128 valence electrons. The van der Waals surface area contributed by atoms with E-state index in [0.29, 0.717) is 0 Å². The second-order valence-electron chi connectivity index (χ2n) is 6.36. The smallest absolute Gasteiger partial charge is 0.187 e. The van der Waals surface area contributed by atoms with Crippen LogP contribution in [0.2, 0.25) is 0 Å². The molecule has 1 aromatic rings. The number of ether oxygens (including phenoxy) is 1. The Morgan fingerprint density at radius 2 is 1.91 bits per heavy atom. The molecule has 1 N–H and O–H groups in total. The zero-order chi connectivity index (χ0) is 16.8. The van der Waals surface area contributed by atoms with E-state index in [4.69, 9.17) is 4.74 Å². The molecule has 1 saturated heterocycles. The molecule has 1 heterocycles. The highest BCUT2D eigenvalue weighted by atomic mass is 32.2. The number of benzene rings is 1. The van der Waals surface area contributed by atoms with Gasteiger partial charge in [-0.05, 0) is 37.5 Å². The zero-order valence-electron chi connectivity index (χ0n) is 13.2.